The second kappa shape index (κ2) is 10.2. The Morgan fingerprint density at radius 3 is 2.22 bits per heavy atom. The number of carbonyl (C=O) groups excluding carboxylic acids is 1. The molecule has 0 bridgehead atoms. The fourth-order valence-electron chi connectivity index (χ4n) is 2.59. The Labute approximate surface area is 160 Å². The highest BCUT2D eigenvalue weighted by Gasteiger charge is 2.07. The van der Waals surface area contributed by atoms with Gasteiger partial charge in [0.25, 0.3) is 5.91 Å². The Morgan fingerprint density at radius 1 is 1.00 bits per heavy atom. The summed E-state index contributed by atoms with van der Waals surface area (Å²) in [4.78, 5) is 17.7. The standard InChI is InChI=1S/C21H28N4O2/c1-22-21(23-14-4-5-16-8-12-19(26)13-9-16)24-15-17-6-10-18(11-7-17)20(27)25(2)3/h6-13,26H,4-5,14-15H2,1-3H3,(H2,22,23,24). The first-order valence-electron chi connectivity index (χ1n) is 9.02. The summed E-state index contributed by atoms with van der Waals surface area (Å²) in [6.45, 7) is 1.44. The van der Waals surface area contributed by atoms with E-state index in [1.165, 1.54) is 5.56 Å². The van der Waals surface area contributed by atoms with E-state index in [-0.39, 0.29) is 5.91 Å². The number of guanidine groups is 1. The third-order valence-corrected chi connectivity index (χ3v) is 4.16. The molecule has 0 aliphatic carbocycles. The van der Waals surface area contributed by atoms with E-state index in [2.05, 4.69) is 15.6 Å². The van der Waals surface area contributed by atoms with E-state index in [1.807, 2.05) is 36.4 Å². The molecular formula is C21H28N4O2. The molecule has 2 rings (SSSR count). The van der Waals surface area contributed by atoms with E-state index in [9.17, 15) is 9.90 Å². The molecule has 3 N–H and O–H groups in total. The fourth-order valence-corrected chi connectivity index (χ4v) is 2.59. The molecule has 0 unspecified atom stereocenters. The van der Waals surface area contributed by atoms with E-state index in [4.69, 9.17) is 0 Å². The van der Waals surface area contributed by atoms with Gasteiger partial charge in [-0.25, -0.2) is 0 Å². The SMILES string of the molecule is CN=C(NCCCc1ccc(O)cc1)NCc1ccc(C(=O)N(C)C)cc1. The number of amides is 1. The number of hydrogen-bond acceptors (Lipinski definition) is 3. The average Bonchev–Trinajstić information content (AvgIpc) is 2.68. The first-order chi connectivity index (χ1) is 13.0. The van der Waals surface area contributed by atoms with E-state index in [1.54, 1.807) is 38.2 Å². The number of phenols is 1. The number of aromatic hydroxyl groups is 1. The van der Waals surface area contributed by atoms with Crippen molar-refractivity contribution in [2.45, 2.75) is 19.4 Å². The Kier molecular flexibility index (Phi) is 7.67. The monoisotopic (exact) mass is 368 g/mol. The van der Waals surface area contributed by atoms with Crippen molar-refractivity contribution in [1.29, 1.82) is 0 Å². The summed E-state index contributed by atoms with van der Waals surface area (Å²) in [6, 6.07) is 14.9. The quantitative estimate of drug-likeness (QED) is 0.398. The number of phenolic OH excluding ortho intramolecular Hbond substituents is 1. The van der Waals surface area contributed by atoms with E-state index in [0.717, 1.165) is 30.9 Å². The summed E-state index contributed by atoms with van der Waals surface area (Å²) >= 11 is 0. The van der Waals surface area contributed by atoms with Crippen LogP contribution in [-0.2, 0) is 13.0 Å². The molecule has 1 amide bonds. The summed E-state index contributed by atoms with van der Waals surface area (Å²) < 4.78 is 0. The molecule has 6 heteroatoms. The Hall–Kier alpha value is -3.02. The molecule has 0 spiro atoms. The zero-order valence-corrected chi connectivity index (χ0v) is 16.2. The zero-order chi connectivity index (χ0) is 19.6. The van der Waals surface area contributed by atoms with Crippen LogP contribution in [0.25, 0.3) is 0 Å². The molecule has 0 saturated carbocycles. The number of rotatable bonds is 7. The van der Waals surface area contributed by atoms with Gasteiger partial charge in [-0.05, 0) is 48.2 Å². The molecule has 0 fully saturated rings. The van der Waals surface area contributed by atoms with Gasteiger partial charge in [0, 0.05) is 39.8 Å². The molecule has 2 aromatic rings. The summed E-state index contributed by atoms with van der Waals surface area (Å²) in [5.41, 5.74) is 2.96. The Bertz CT molecular complexity index is 753. The van der Waals surface area contributed by atoms with Gasteiger partial charge in [-0.1, -0.05) is 24.3 Å². The maximum absolute atomic E-state index is 11.9. The van der Waals surface area contributed by atoms with Crippen LogP contribution in [0.4, 0.5) is 0 Å². The van der Waals surface area contributed by atoms with E-state index >= 15 is 0 Å². The number of hydrogen-bond donors (Lipinski definition) is 3. The van der Waals surface area contributed by atoms with Crippen molar-refractivity contribution in [3.63, 3.8) is 0 Å². The summed E-state index contributed by atoms with van der Waals surface area (Å²) in [7, 11) is 5.23. The number of benzene rings is 2. The molecule has 0 aliphatic rings. The fraction of sp³-hybridized carbons (Fsp3) is 0.333. The molecule has 2 aromatic carbocycles. The van der Waals surface area contributed by atoms with Crippen LogP contribution in [-0.4, -0.2) is 49.6 Å². The largest absolute Gasteiger partial charge is 0.508 e. The molecule has 0 aliphatic heterocycles. The van der Waals surface area contributed by atoms with Gasteiger partial charge in [-0.3, -0.25) is 9.79 Å². The second-order valence-corrected chi connectivity index (χ2v) is 6.52. The van der Waals surface area contributed by atoms with Crippen molar-refractivity contribution in [3.05, 3.63) is 65.2 Å². The van der Waals surface area contributed by atoms with Crippen LogP contribution < -0.4 is 10.6 Å². The van der Waals surface area contributed by atoms with Crippen LogP contribution >= 0.6 is 0 Å². The minimum atomic E-state index is 0.000569. The van der Waals surface area contributed by atoms with Gasteiger partial charge in [0.15, 0.2) is 5.96 Å². The lowest BCUT2D eigenvalue weighted by molar-refractivity contribution is 0.0827. The predicted octanol–water partition coefficient (Wildman–Crippen LogP) is 2.39. The summed E-state index contributed by atoms with van der Waals surface area (Å²) in [5.74, 6) is 1.04. The van der Waals surface area contributed by atoms with E-state index < -0.39 is 0 Å². The number of aryl methyl sites for hydroxylation is 1. The van der Waals surface area contributed by atoms with Gasteiger partial charge < -0.3 is 20.6 Å². The third kappa shape index (κ3) is 6.66. The highest BCUT2D eigenvalue weighted by molar-refractivity contribution is 5.93. The molecule has 0 atom stereocenters. The lowest BCUT2D eigenvalue weighted by atomic mass is 10.1. The topological polar surface area (TPSA) is 77.0 Å². The van der Waals surface area contributed by atoms with Crippen molar-refractivity contribution < 1.29 is 9.90 Å². The van der Waals surface area contributed by atoms with Crippen molar-refractivity contribution in [2.24, 2.45) is 4.99 Å². The van der Waals surface area contributed by atoms with Crippen LogP contribution in [0.1, 0.15) is 27.9 Å². The van der Waals surface area contributed by atoms with Gasteiger partial charge in [0.1, 0.15) is 5.75 Å². The smallest absolute Gasteiger partial charge is 0.253 e. The Balaban J connectivity index is 1.73. The number of carbonyl (C=O) groups is 1. The molecule has 0 aromatic heterocycles. The van der Waals surface area contributed by atoms with Crippen molar-refractivity contribution in [1.82, 2.24) is 15.5 Å². The molecule has 144 valence electrons. The predicted molar refractivity (Wildman–Crippen MR) is 109 cm³/mol. The van der Waals surface area contributed by atoms with Crippen LogP contribution in [0.15, 0.2) is 53.5 Å². The molecule has 0 saturated heterocycles. The molecule has 0 heterocycles. The van der Waals surface area contributed by atoms with Crippen molar-refractivity contribution in [2.75, 3.05) is 27.7 Å². The zero-order valence-electron chi connectivity index (χ0n) is 16.2. The first kappa shape index (κ1) is 20.3. The summed E-state index contributed by atoms with van der Waals surface area (Å²) in [5, 5.41) is 15.9. The average molecular weight is 368 g/mol. The van der Waals surface area contributed by atoms with Crippen LogP contribution in [0.5, 0.6) is 5.75 Å². The minimum absolute atomic E-state index is 0.000569. The molecular weight excluding hydrogens is 340 g/mol. The number of aliphatic imine (C=N–C) groups is 1. The summed E-state index contributed by atoms with van der Waals surface area (Å²) in [6.07, 6.45) is 1.90. The first-order valence-corrected chi connectivity index (χ1v) is 9.02. The van der Waals surface area contributed by atoms with Gasteiger partial charge in [-0.15, -0.1) is 0 Å². The van der Waals surface area contributed by atoms with Crippen molar-refractivity contribution >= 4 is 11.9 Å². The molecule has 0 radical (unpaired) electrons. The van der Waals surface area contributed by atoms with Gasteiger partial charge in [0.2, 0.25) is 0 Å². The van der Waals surface area contributed by atoms with Crippen molar-refractivity contribution in [3.8, 4) is 5.75 Å². The lowest BCUT2D eigenvalue weighted by Crippen LogP contribution is -2.37. The van der Waals surface area contributed by atoms with Crippen LogP contribution in [0, 0.1) is 0 Å². The number of nitrogens with zero attached hydrogens (tertiary/aromatic N) is 2. The second-order valence-electron chi connectivity index (χ2n) is 6.52. The molecule has 6 nitrogen and oxygen atoms in total. The highest BCUT2D eigenvalue weighted by Crippen LogP contribution is 2.10. The van der Waals surface area contributed by atoms with E-state index in [0.29, 0.717) is 17.9 Å². The minimum Gasteiger partial charge on any atom is -0.508 e. The Morgan fingerprint density at radius 2 is 1.63 bits per heavy atom. The normalized spacial score (nSPS) is 11.1. The highest BCUT2D eigenvalue weighted by atomic mass is 16.3. The number of nitrogens with one attached hydrogen (secondary N) is 2. The maximum Gasteiger partial charge on any atom is 0.253 e. The van der Waals surface area contributed by atoms with Gasteiger partial charge >= 0.3 is 0 Å². The third-order valence-electron chi connectivity index (χ3n) is 4.16. The maximum atomic E-state index is 11.9. The van der Waals surface area contributed by atoms with Gasteiger partial charge in [-0.2, -0.15) is 0 Å². The molecule has 27 heavy (non-hydrogen) atoms. The van der Waals surface area contributed by atoms with Gasteiger partial charge in [0.05, 0.1) is 0 Å². The van der Waals surface area contributed by atoms with Crippen LogP contribution in [0.2, 0.25) is 0 Å². The lowest BCUT2D eigenvalue weighted by Gasteiger charge is -2.13. The van der Waals surface area contributed by atoms with Crippen LogP contribution in [0.3, 0.4) is 0 Å².